The number of amides is 1. The lowest BCUT2D eigenvalue weighted by atomic mass is 10.1. The molecular formula is C17H23N3O4S. The summed E-state index contributed by atoms with van der Waals surface area (Å²) in [4.78, 5) is 16.4. The average Bonchev–Trinajstić information content (AvgIpc) is 3.11. The third kappa shape index (κ3) is 4.82. The van der Waals surface area contributed by atoms with E-state index in [4.69, 9.17) is 14.2 Å². The van der Waals surface area contributed by atoms with Gasteiger partial charge in [-0.05, 0) is 13.0 Å². The molecule has 0 aliphatic heterocycles. The van der Waals surface area contributed by atoms with Crippen molar-refractivity contribution in [2.75, 3.05) is 27.1 Å². The van der Waals surface area contributed by atoms with E-state index < -0.39 is 0 Å². The second-order valence-electron chi connectivity index (χ2n) is 5.08. The van der Waals surface area contributed by atoms with Crippen molar-refractivity contribution in [3.8, 4) is 17.2 Å². The molecule has 0 unspecified atom stereocenters. The molecule has 0 radical (unpaired) electrons. The molecule has 0 saturated heterocycles. The quantitative estimate of drug-likeness (QED) is 0.688. The van der Waals surface area contributed by atoms with E-state index in [0.717, 1.165) is 17.3 Å². The van der Waals surface area contributed by atoms with E-state index >= 15 is 0 Å². The zero-order chi connectivity index (χ0) is 18.2. The molecule has 0 saturated carbocycles. The number of benzene rings is 1. The summed E-state index contributed by atoms with van der Waals surface area (Å²) in [6.45, 7) is 3.20. The van der Waals surface area contributed by atoms with Crippen molar-refractivity contribution in [2.45, 2.75) is 25.2 Å². The lowest BCUT2D eigenvalue weighted by molar-refractivity contribution is -0.118. The van der Waals surface area contributed by atoms with E-state index in [0.29, 0.717) is 29.5 Å². The van der Waals surface area contributed by atoms with E-state index in [-0.39, 0.29) is 5.91 Å². The van der Waals surface area contributed by atoms with Gasteiger partial charge in [0.25, 0.3) is 0 Å². The summed E-state index contributed by atoms with van der Waals surface area (Å²) in [6, 6.07) is 3.54. The lowest BCUT2D eigenvalue weighted by Gasteiger charge is -2.14. The zero-order valence-electron chi connectivity index (χ0n) is 14.9. The first-order chi connectivity index (χ1) is 12.1. The van der Waals surface area contributed by atoms with Crippen molar-refractivity contribution in [3.63, 3.8) is 0 Å². The molecule has 0 spiro atoms. The lowest BCUT2D eigenvalue weighted by Crippen LogP contribution is -2.25. The van der Waals surface area contributed by atoms with Crippen molar-refractivity contribution in [2.24, 2.45) is 0 Å². The molecule has 7 nitrogen and oxygen atoms in total. The van der Waals surface area contributed by atoms with Gasteiger partial charge in [0.2, 0.25) is 5.91 Å². The first kappa shape index (κ1) is 19.0. The van der Waals surface area contributed by atoms with Crippen molar-refractivity contribution in [3.05, 3.63) is 30.1 Å². The summed E-state index contributed by atoms with van der Waals surface area (Å²) in [5.41, 5.74) is 0.813. The molecule has 1 aromatic carbocycles. The maximum absolute atomic E-state index is 12.1. The predicted molar refractivity (Wildman–Crippen MR) is 96.6 cm³/mol. The Morgan fingerprint density at radius 1 is 1.16 bits per heavy atom. The largest absolute Gasteiger partial charge is 0.496 e. The fourth-order valence-corrected chi connectivity index (χ4v) is 3.14. The summed E-state index contributed by atoms with van der Waals surface area (Å²) in [6.07, 6.45) is 3.63. The molecule has 0 aliphatic carbocycles. The molecule has 0 aliphatic rings. The van der Waals surface area contributed by atoms with Gasteiger partial charge in [0.1, 0.15) is 5.75 Å². The second-order valence-corrected chi connectivity index (χ2v) is 6.02. The minimum Gasteiger partial charge on any atom is -0.496 e. The number of nitrogens with one attached hydrogen (secondary N) is 1. The van der Waals surface area contributed by atoms with Crippen LogP contribution in [-0.4, -0.2) is 42.5 Å². The van der Waals surface area contributed by atoms with E-state index in [1.807, 2.05) is 17.7 Å². The average molecular weight is 365 g/mol. The van der Waals surface area contributed by atoms with Crippen LogP contribution in [0, 0.1) is 0 Å². The van der Waals surface area contributed by atoms with Gasteiger partial charge in [-0.1, -0.05) is 11.8 Å². The summed E-state index contributed by atoms with van der Waals surface area (Å²) in [5, 5.41) is 3.72. The molecule has 0 bridgehead atoms. The Labute approximate surface area is 151 Å². The van der Waals surface area contributed by atoms with Crippen LogP contribution in [0.25, 0.3) is 0 Å². The molecule has 1 amide bonds. The van der Waals surface area contributed by atoms with Gasteiger partial charge in [0.15, 0.2) is 16.7 Å². The molecular weight excluding hydrogens is 342 g/mol. The SMILES string of the molecule is CCn1ccnc1SCC(=O)NCc1cc(OC)c(OC)cc1OC. The molecule has 0 atom stereocenters. The summed E-state index contributed by atoms with van der Waals surface area (Å²) < 4.78 is 17.9. The number of carbonyl (C=O) groups excluding carboxylic acids is 1. The Balaban J connectivity index is 1.96. The topological polar surface area (TPSA) is 74.6 Å². The van der Waals surface area contributed by atoms with Crippen LogP contribution in [0.2, 0.25) is 0 Å². The van der Waals surface area contributed by atoms with Gasteiger partial charge in [-0.3, -0.25) is 4.79 Å². The number of hydrogen-bond acceptors (Lipinski definition) is 6. The molecule has 2 rings (SSSR count). The van der Waals surface area contributed by atoms with Gasteiger partial charge in [-0.15, -0.1) is 0 Å². The second kappa shape index (κ2) is 9.22. The zero-order valence-corrected chi connectivity index (χ0v) is 15.7. The highest BCUT2D eigenvalue weighted by Crippen LogP contribution is 2.34. The van der Waals surface area contributed by atoms with Crippen LogP contribution in [0.4, 0.5) is 0 Å². The van der Waals surface area contributed by atoms with Crippen LogP contribution in [0.5, 0.6) is 17.2 Å². The standard InChI is InChI=1S/C17H23N3O4S/c1-5-20-7-6-18-17(20)25-11-16(21)19-10-12-8-14(23-3)15(24-4)9-13(12)22-2/h6-9H,5,10-11H2,1-4H3,(H,19,21). The summed E-state index contributed by atoms with van der Waals surface area (Å²) in [7, 11) is 4.71. The minimum absolute atomic E-state index is 0.0764. The molecule has 1 heterocycles. The van der Waals surface area contributed by atoms with E-state index in [1.165, 1.54) is 11.8 Å². The van der Waals surface area contributed by atoms with Crippen LogP contribution in [0.15, 0.2) is 29.7 Å². The molecule has 25 heavy (non-hydrogen) atoms. The maximum atomic E-state index is 12.1. The van der Waals surface area contributed by atoms with E-state index in [2.05, 4.69) is 10.3 Å². The van der Waals surface area contributed by atoms with E-state index in [9.17, 15) is 4.79 Å². The van der Waals surface area contributed by atoms with Gasteiger partial charge in [-0.2, -0.15) is 0 Å². The van der Waals surface area contributed by atoms with Gasteiger partial charge < -0.3 is 24.1 Å². The van der Waals surface area contributed by atoms with Crippen LogP contribution in [0.3, 0.4) is 0 Å². The van der Waals surface area contributed by atoms with Gasteiger partial charge in [0.05, 0.1) is 27.1 Å². The summed E-state index contributed by atoms with van der Waals surface area (Å²) in [5.74, 6) is 2.02. The Bertz CT molecular complexity index is 718. The number of aryl methyl sites for hydroxylation is 1. The number of methoxy groups -OCH3 is 3. The van der Waals surface area contributed by atoms with Crippen LogP contribution >= 0.6 is 11.8 Å². The van der Waals surface area contributed by atoms with Crippen LogP contribution in [-0.2, 0) is 17.9 Å². The number of imidazole rings is 1. The third-order valence-electron chi connectivity index (χ3n) is 3.61. The van der Waals surface area contributed by atoms with Gasteiger partial charge in [-0.25, -0.2) is 4.98 Å². The third-order valence-corrected chi connectivity index (χ3v) is 4.62. The number of hydrogen-bond donors (Lipinski definition) is 1. The first-order valence-electron chi connectivity index (χ1n) is 7.82. The van der Waals surface area contributed by atoms with Crippen LogP contribution < -0.4 is 19.5 Å². The predicted octanol–water partition coefficient (Wildman–Crippen LogP) is 2.34. The molecule has 1 aromatic heterocycles. The fraction of sp³-hybridized carbons (Fsp3) is 0.412. The Morgan fingerprint density at radius 3 is 2.48 bits per heavy atom. The van der Waals surface area contributed by atoms with Gasteiger partial charge >= 0.3 is 0 Å². The number of rotatable bonds is 9. The Hall–Kier alpha value is -2.35. The molecule has 1 N–H and O–H groups in total. The van der Waals surface area contributed by atoms with Crippen molar-refractivity contribution >= 4 is 17.7 Å². The van der Waals surface area contributed by atoms with Crippen LogP contribution in [0.1, 0.15) is 12.5 Å². The Kier molecular flexibility index (Phi) is 7.00. The minimum atomic E-state index is -0.0764. The number of carbonyl (C=O) groups is 1. The fourth-order valence-electron chi connectivity index (χ4n) is 2.28. The Morgan fingerprint density at radius 2 is 1.84 bits per heavy atom. The number of aromatic nitrogens is 2. The molecule has 2 aromatic rings. The molecule has 0 fully saturated rings. The number of nitrogens with zero attached hydrogens (tertiary/aromatic N) is 2. The highest BCUT2D eigenvalue weighted by atomic mass is 32.2. The number of thioether (sulfide) groups is 1. The van der Waals surface area contributed by atoms with Crippen molar-refractivity contribution in [1.82, 2.24) is 14.9 Å². The maximum Gasteiger partial charge on any atom is 0.230 e. The van der Waals surface area contributed by atoms with Crippen molar-refractivity contribution < 1.29 is 19.0 Å². The highest BCUT2D eigenvalue weighted by molar-refractivity contribution is 7.99. The highest BCUT2D eigenvalue weighted by Gasteiger charge is 2.13. The van der Waals surface area contributed by atoms with Crippen molar-refractivity contribution in [1.29, 1.82) is 0 Å². The molecule has 8 heteroatoms. The molecule has 136 valence electrons. The summed E-state index contributed by atoms with van der Waals surface area (Å²) >= 11 is 1.41. The number of ether oxygens (including phenoxy) is 3. The smallest absolute Gasteiger partial charge is 0.230 e. The first-order valence-corrected chi connectivity index (χ1v) is 8.81. The van der Waals surface area contributed by atoms with Gasteiger partial charge in [0, 0.05) is 37.1 Å². The normalized spacial score (nSPS) is 10.4. The monoisotopic (exact) mass is 365 g/mol. The van der Waals surface area contributed by atoms with E-state index in [1.54, 1.807) is 39.7 Å².